The average Bonchev–Trinajstić information content (AvgIpc) is 2.01. The molecular formula is C6H14N2O3. The Hall–Kier alpha value is -0.200. The molecule has 11 heavy (non-hydrogen) atoms. The van der Waals surface area contributed by atoms with Gasteiger partial charge < -0.3 is 26.4 Å². The minimum atomic E-state index is -1.08. The van der Waals surface area contributed by atoms with E-state index in [0.717, 1.165) is 0 Å². The highest BCUT2D eigenvalue weighted by Crippen LogP contribution is 2.09. The van der Waals surface area contributed by atoms with Crippen molar-refractivity contribution < 1.29 is 15.3 Å². The van der Waals surface area contributed by atoms with Gasteiger partial charge in [0.2, 0.25) is 0 Å². The standard InChI is InChI=1S/C6H14N2O3/c7-1-3-5(10)6(11)4(9)2-8-3/h3-6,8-11H,1-2,7H2/t3-,4+,5+,6+/m0/s1. The quantitative estimate of drug-likeness (QED) is 0.283. The first-order valence-electron chi connectivity index (χ1n) is 3.64. The van der Waals surface area contributed by atoms with E-state index in [1.165, 1.54) is 0 Å². The van der Waals surface area contributed by atoms with Crippen LogP contribution in [0.1, 0.15) is 0 Å². The number of hydrogen-bond acceptors (Lipinski definition) is 5. The molecule has 5 heteroatoms. The van der Waals surface area contributed by atoms with Crippen LogP contribution in [-0.2, 0) is 0 Å². The summed E-state index contributed by atoms with van der Waals surface area (Å²) in [5.41, 5.74) is 5.29. The molecule has 0 saturated carbocycles. The van der Waals surface area contributed by atoms with Gasteiger partial charge in [0.25, 0.3) is 0 Å². The molecule has 6 N–H and O–H groups in total. The zero-order valence-corrected chi connectivity index (χ0v) is 6.14. The van der Waals surface area contributed by atoms with Gasteiger partial charge in [-0.25, -0.2) is 0 Å². The molecule has 0 aromatic carbocycles. The molecule has 5 nitrogen and oxygen atoms in total. The van der Waals surface area contributed by atoms with Gasteiger partial charge in [-0.3, -0.25) is 0 Å². The number of nitrogens with one attached hydrogen (secondary N) is 1. The van der Waals surface area contributed by atoms with Crippen LogP contribution in [0.5, 0.6) is 0 Å². The third-order valence-corrected chi connectivity index (χ3v) is 2.00. The van der Waals surface area contributed by atoms with Crippen molar-refractivity contribution in [1.82, 2.24) is 5.32 Å². The molecule has 1 aliphatic rings. The lowest BCUT2D eigenvalue weighted by Crippen LogP contribution is -2.61. The van der Waals surface area contributed by atoms with Crippen molar-refractivity contribution in [2.24, 2.45) is 5.73 Å². The summed E-state index contributed by atoms with van der Waals surface area (Å²) < 4.78 is 0. The van der Waals surface area contributed by atoms with E-state index in [9.17, 15) is 5.11 Å². The summed E-state index contributed by atoms with van der Waals surface area (Å²) in [5, 5.41) is 30.3. The molecule has 0 amide bonds. The first-order valence-corrected chi connectivity index (χ1v) is 3.64. The number of aliphatic hydroxyl groups is 3. The highest BCUT2D eigenvalue weighted by molar-refractivity contribution is 4.92. The van der Waals surface area contributed by atoms with Crippen LogP contribution < -0.4 is 11.1 Å². The first-order chi connectivity index (χ1) is 5.16. The highest BCUT2D eigenvalue weighted by atomic mass is 16.4. The van der Waals surface area contributed by atoms with Gasteiger partial charge in [0.05, 0.1) is 12.2 Å². The summed E-state index contributed by atoms with van der Waals surface area (Å²) in [6.07, 6.45) is -2.94. The topological polar surface area (TPSA) is 98.7 Å². The first kappa shape index (κ1) is 8.89. The predicted octanol–water partition coefficient (Wildman–Crippen LogP) is -3.00. The van der Waals surface area contributed by atoms with Gasteiger partial charge in [-0.2, -0.15) is 0 Å². The van der Waals surface area contributed by atoms with Crippen LogP contribution in [0.2, 0.25) is 0 Å². The predicted molar refractivity (Wildman–Crippen MR) is 38.9 cm³/mol. The lowest BCUT2D eigenvalue weighted by Gasteiger charge is -2.35. The monoisotopic (exact) mass is 162 g/mol. The Morgan fingerprint density at radius 2 is 1.91 bits per heavy atom. The molecule has 0 aromatic rings. The molecule has 1 rings (SSSR count). The second-order valence-electron chi connectivity index (χ2n) is 2.80. The largest absolute Gasteiger partial charge is 0.389 e. The average molecular weight is 162 g/mol. The smallest absolute Gasteiger partial charge is 0.109 e. The third-order valence-electron chi connectivity index (χ3n) is 2.00. The molecule has 0 aromatic heterocycles. The maximum Gasteiger partial charge on any atom is 0.109 e. The van der Waals surface area contributed by atoms with E-state index in [-0.39, 0.29) is 19.1 Å². The summed E-state index contributed by atoms with van der Waals surface area (Å²) in [4.78, 5) is 0. The maximum absolute atomic E-state index is 9.26. The Kier molecular flexibility index (Phi) is 2.80. The fraction of sp³-hybridized carbons (Fsp3) is 1.00. The van der Waals surface area contributed by atoms with E-state index in [2.05, 4.69) is 5.32 Å². The van der Waals surface area contributed by atoms with Crippen molar-refractivity contribution >= 4 is 0 Å². The molecule has 4 atom stereocenters. The van der Waals surface area contributed by atoms with Crippen molar-refractivity contribution in [2.45, 2.75) is 24.4 Å². The molecule has 0 unspecified atom stereocenters. The fourth-order valence-electron chi connectivity index (χ4n) is 1.20. The van der Waals surface area contributed by atoms with E-state index >= 15 is 0 Å². The van der Waals surface area contributed by atoms with Crippen LogP contribution in [0.25, 0.3) is 0 Å². The molecule has 0 aliphatic carbocycles. The third kappa shape index (κ3) is 1.69. The minimum Gasteiger partial charge on any atom is -0.389 e. The van der Waals surface area contributed by atoms with Crippen molar-refractivity contribution in [2.75, 3.05) is 13.1 Å². The molecule has 1 fully saturated rings. The van der Waals surface area contributed by atoms with Crippen LogP contribution in [0.15, 0.2) is 0 Å². The van der Waals surface area contributed by atoms with E-state index < -0.39 is 18.3 Å². The maximum atomic E-state index is 9.26. The fourth-order valence-corrected chi connectivity index (χ4v) is 1.20. The second kappa shape index (κ2) is 3.46. The second-order valence-corrected chi connectivity index (χ2v) is 2.80. The molecule has 0 radical (unpaired) electrons. The molecule has 66 valence electrons. The number of β-amino-alcohol motifs (C(OH)–C–C–N with tert-alkyl or cyclic N) is 1. The van der Waals surface area contributed by atoms with Crippen LogP contribution in [0.3, 0.4) is 0 Å². The number of hydrogen-bond donors (Lipinski definition) is 5. The lowest BCUT2D eigenvalue weighted by molar-refractivity contribution is -0.0923. The molecule has 1 saturated heterocycles. The zero-order chi connectivity index (χ0) is 8.43. The molecule has 1 heterocycles. The van der Waals surface area contributed by atoms with Gasteiger partial charge in [0, 0.05) is 19.1 Å². The van der Waals surface area contributed by atoms with Crippen LogP contribution in [0, 0.1) is 0 Å². The number of aliphatic hydroxyl groups excluding tert-OH is 3. The minimum absolute atomic E-state index is 0.255. The highest BCUT2D eigenvalue weighted by Gasteiger charge is 2.35. The van der Waals surface area contributed by atoms with Crippen molar-refractivity contribution in [3.63, 3.8) is 0 Å². The summed E-state index contributed by atoms with van der Waals surface area (Å²) in [5.74, 6) is 0. The van der Waals surface area contributed by atoms with Crippen LogP contribution in [0.4, 0.5) is 0 Å². The number of nitrogens with two attached hydrogens (primary N) is 1. The SMILES string of the molecule is NC[C@@H]1NC[C@@H](O)[C@@H](O)[C@@H]1O. The van der Waals surface area contributed by atoms with Gasteiger partial charge in [-0.05, 0) is 0 Å². The lowest BCUT2D eigenvalue weighted by atomic mass is 9.96. The molecule has 1 aliphatic heterocycles. The zero-order valence-electron chi connectivity index (χ0n) is 6.14. The number of piperidine rings is 1. The Morgan fingerprint density at radius 1 is 1.27 bits per heavy atom. The Balaban J connectivity index is 2.52. The Labute approximate surface area is 64.8 Å². The van der Waals surface area contributed by atoms with Gasteiger partial charge in [-0.15, -0.1) is 0 Å². The summed E-state index contributed by atoms with van der Waals surface area (Å²) in [6.45, 7) is 0.533. The molecule has 0 bridgehead atoms. The van der Waals surface area contributed by atoms with Crippen molar-refractivity contribution in [1.29, 1.82) is 0 Å². The van der Waals surface area contributed by atoms with Gasteiger partial charge in [0.15, 0.2) is 0 Å². The van der Waals surface area contributed by atoms with E-state index in [0.29, 0.717) is 0 Å². The van der Waals surface area contributed by atoms with E-state index in [1.807, 2.05) is 0 Å². The van der Waals surface area contributed by atoms with Crippen molar-refractivity contribution in [3.8, 4) is 0 Å². The van der Waals surface area contributed by atoms with Gasteiger partial charge >= 0.3 is 0 Å². The van der Waals surface area contributed by atoms with Gasteiger partial charge in [-0.1, -0.05) is 0 Å². The summed E-state index contributed by atoms with van der Waals surface area (Å²) in [7, 11) is 0. The molecular weight excluding hydrogens is 148 g/mol. The summed E-state index contributed by atoms with van der Waals surface area (Å²) in [6, 6.07) is -0.312. The Bertz CT molecular complexity index is 131. The normalized spacial score (nSPS) is 45.8. The van der Waals surface area contributed by atoms with Crippen LogP contribution >= 0.6 is 0 Å². The Morgan fingerprint density at radius 3 is 2.45 bits per heavy atom. The van der Waals surface area contributed by atoms with Gasteiger partial charge in [0.1, 0.15) is 6.10 Å². The van der Waals surface area contributed by atoms with Crippen LogP contribution in [-0.4, -0.2) is 52.8 Å². The molecule has 0 spiro atoms. The van der Waals surface area contributed by atoms with E-state index in [1.54, 1.807) is 0 Å². The van der Waals surface area contributed by atoms with E-state index in [4.69, 9.17) is 15.9 Å². The summed E-state index contributed by atoms with van der Waals surface area (Å²) >= 11 is 0. The van der Waals surface area contributed by atoms with Crippen molar-refractivity contribution in [3.05, 3.63) is 0 Å². The number of rotatable bonds is 1.